The largest absolute Gasteiger partial charge is 0.423 e. The lowest BCUT2D eigenvalue weighted by molar-refractivity contribution is -0.131. The van der Waals surface area contributed by atoms with Crippen LogP contribution in [0.4, 0.5) is 0 Å². The topological polar surface area (TPSA) is 107 Å². The molecule has 0 N–H and O–H groups in total. The van der Waals surface area contributed by atoms with Gasteiger partial charge in [-0.3, -0.25) is 0 Å². The molecule has 0 atom stereocenters. The Balaban J connectivity index is 1.82. The predicted octanol–water partition coefficient (Wildman–Crippen LogP) is 5.85. The number of hydrogen-bond donors (Lipinski definition) is 0. The second kappa shape index (κ2) is 16.5. The average Bonchev–Trinajstić information content (AvgIpc) is 3.01. The number of esters is 3. The van der Waals surface area contributed by atoms with Crippen LogP contribution in [0.1, 0.15) is 11.1 Å². The summed E-state index contributed by atoms with van der Waals surface area (Å²) in [5.74, 6) is -0.788. The molecule has 0 aliphatic rings. The van der Waals surface area contributed by atoms with Gasteiger partial charge in [0, 0.05) is 26.9 Å². The van der Waals surface area contributed by atoms with Gasteiger partial charge >= 0.3 is 17.9 Å². The molecule has 9 nitrogen and oxygen atoms in total. The van der Waals surface area contributed by atoms with Crippen LogP contribution in [0.5, 0.6) is 17.2 Å². The predicted molar refractivity (Wildman–Crippen MR) is 167 cm³/mol. The maximum absolute atomic E-state index is 12.7. The van der Waals surface area contributed by atoms with Gasteiger partial charge in [-0.2, -0.15) is 0 Å². The SMILES string of the molecule is C=C(COC)C(=O)Oc1ccc(/C=C/c2ccc(-c3ccc(OC(=O)C(=C)COC)cc3)c(OC(=O)C(=C)COC)c2)cc1. The van der Waals surface area contributed by atoms with Gasteiger partial charge in [0.2, 0.25) is 0 Å². The Morgan fingerprint density at radius 2 is 0.977 bits per heavy atom. The number of ether oxygens (including phenoxy) is 6. The summed E-state index contributed by atoms with van der Waals surface area (Å²) in [6, 6.07) is 19.1. The van der Waals surface area contributed by atoms with E-state index >= 15 is 0 Å². The minimum absolute atomic E-state index is 0.0218. The van der Waals surface area contributed by atoms with E-state index in [9.17, 15) is 14.4 Å². The van der Waals surface area contributed by atoms with E-state index in [0.717, 1.165) is 16.7 Å². The molecular formula is C35H34O9. The van der Waals surface area contributed by atoms with Gasteiger partial charge in [-0.1, -0.05) is 68.3 Å². The third-order valence-electron chi connectivity index (χ3n) is 5.96. The van der Waals surface area contributed by atoms with Crippen molar-refractivity contribution in [1.29, 1.82) is 0 Å². The van der Waals surface area contributed by atoms with Crippen molar-refractivity contribution in [2.24, 2.45) is 0 Å². The van der Waals surface area contributed by atoms with Crippen molar-refractivity contribution in [3.8, 4) is 28.4 Å². The van der Waals surface area contributed by atoms with Crippen LogP contribution in [0.25, 0.3) is 23.3 Å². The molecule has 0 fully saturated rings. The summed E-state index contributed by atoms with van der Waals surface area (Å²) in [5, 5.41) is 0. The van der Waals surface area contributed by atoms with E-state index in [1.165, 1.54) is 21.3 Å². The van der Waals surface area contributed by atoms with Gasteiger partial charge < -0.3 is 28.4 Å². The monoisotopic (exact) mass is 598 g/mol. The van der Waals surface area contributed by atoms with Crippen LogP contribution >= 0.6 is 0 Å². The van der Waals surface area contributed by atoms with E-state index in [1.54, 1.807) is 54.6 Å². The molecule has 0 spiro atoms. The summed E-state index contributed by atoms with van der Waals surface area (Å²) in [7, 11) is 4.40. The van der Waals surface area contributed by atoms with Crippen LogP contribution in [-0.4, -0.2) is 59.1 Å². The van der Waals surface area contributed by atoms with Crippen molar-refractivity contribution in [3.63, 3.8) is 0 Å². The van der Waals surface area contributed by atoms with Crippen LogP contribution < -0.4 is 14.2 Å². The second-order valence-corrected chi connectivity index (χ2v) is 9.46. The zero-order valence-corrected chi connectivity index (χ0v) is 24.9. The summed E-state index contributed by atoms with van der Waals surface area (Å²) >= 11 is 0. The molecule has 0 aliphatic carbocycles. The first-order chi connectivity index (χ1) is 21.1. The molecule has 3 rings (SSSR count). The van der Waals surface area contributed by atoms with Gasteiger partial charge in [0.15, 0.2) is 0 Å². The van der Waals surface area contributed by atoms with E-state index in [1.807, 2.05) is 24.3 Å². The minimum atomic E-state index is -0.630. The van der Waals surface area contributed by atoms with Gasteiger partial charge in [-0.05, 0) is 47.0 Å². The van der Waals surface area contributed by atoms with Crippen LogP contribution in [-0.2, 0) is 28.6 Å². The number of hydrogen-bond acceptors (Lipinski definition) is 9. The molecule has 44 heavy (non-hydrogen) atoms. The standard InChI is InChI=1S/C35H34O9/c1-23(20-39-4)33(36)42-29-14-9-26(10-15-29)7-8-27-11-18-31(32(19-27)44-35(38)25(3)22-41-6)28-12-16-30(17-13-28)43-34(37)24(2)21-40-5/h7-19H,1-3,20-22H2,4-6H3/b8-7+. The van der Waals surface area contributed by atoms with Crippen molar-refractivity contribution < 1.29 is 42.8 Å². The fourth-order valence-corrected chi connectivity index (χ4v) is 3.74. The first-order valence-corrected chi connectivity index (χ1v) is 13.3. The number of benzene rings is 3. The van der Waals surface area contributed by atoms with Gasteiger partial charge in [0.25, 0.3) is 0 Å². The third-order valence-corrected chi connectivity index (χ3v) is 5.96. The van der Waals surface area contributed by atoms with Crippen molar-refractivity contribution in [1.82, 2.24) is 0 Å². The molecule has 0 aromatic heterocycles. The average molecular weight is 599 g/mol. The Labute approximate surface area is 256 Å². The van der Waals surface area contributed by atoms with E-state index in [4.69, 9.17) is 28.4 Å². The summed E-state index contributed by atoms with van der Waals surface area (Å²) < 4.78 is 31.2. The van der Waals surface area contributed by atoms with Crippen molar-refractivity contribution in [2.45, 2.75) is 0 Å². The van der Waals surface area contributed by atoms with Crippen LogP contribution in [0.15, 0.2) is 103 Å². The summed E-state index contributed by atoms with van der Waals surface area (Å²) in [4.78, 5) is 36.9. The minimum Gasteiger partial charge on any atom is -0.423 e. The van der Waals surface area contributed by atoms with Gasteiger partial charge in [0.1, 0.15) is 17.2 Å². The quantitative estimate of drug-likeness (QED) is 0.0922. The Bertz CT molecular complexity index is 1550. The lowest BCUT2D eigenvalue weighted by atomic mass is 10.0. The Hall–Kier alpha value is -5.09. The number of carbonyl (C=O) groups is 3. The molecule has 0 amide bonds. The highest BCUT2D eigenvalue weighted by Gasteiger charge is 2.16. The molecule has 228 valence electrons. The summed E-state index contributed by atoms with van der Waals surface area (Å²) in [5.41, 5.74) is 3.50. The van der Waals surface area contributed by atoms with Gasteiger partial charge in [-0.25, -0.2) is 14.4 Å². The molecule has 3 aromatic rings. The zero-order chi connectivity index (χ0) is 32.1. The normalized spacial score (nSPS) is 10.7. The van der Waals surface area contributed by atoms with E-state index in [-0.39, 0.29) is 36.5 Å². The second-order valence-electron chi connectivity index (χ2n) is 9.46. The number of carbonyl (C=O) groups excluding carboxylic acids is 3. The molecule has 0 saturated carbocycles. The maximum atomic E-state index is 12.7. The highest BCUT2D eigenvalue weighted by molar-refractivity contribution is 5.92. The first kappa shape index (κ1) is 33.4. The van der Waals surface area contributed by atoms with E-state index in [2.05, 4.69) is 19.7 Å². The van der Waals surface area contributed by atoms with Crippen molar-refractivity contribution in [3.05, 3.63) is 114 Å². The zero-order valence-electron chi connectivity index (χ0n) is 24.9. The molecule has 0 unspecified atom stereocenters. The number of rotatable bonds is 15. The molecule has 3 aromatic carbocycles. The van der Waals surface area contributed by atoms with Crippen molar-refractivity contribution >= 4 is 30.1 Å². The molecular weight excluding hydrogens is 564 g/mol. The van der Waals surface area contributed by atoms with Gasteiger partial charge in [-0.15, -0.1) is 0 Å². The Morgan fingerprint density at radius 3 is 1.45 bits per heavy atom. The highest BCUT2D eigenvalue weighted by Crippen LogP contribution is 2.33. The smallest absolute Gasteiger partial charge is 0.341 e. The molecule has 0 heterocycles. The van der Waals surface area contributed by atoms with E-state index in [0.29, 0.717) is 22.8 Å². The first-order valence-electron chi connectivity index (χ1n) is 13.3. The molecule has 0 aliphatic heterocycles. The fraction of sp³-hybridized carbons (Fsp3) is 0.171. The summed E-state index contributed by atoms with van der Waals surface area (Å²) in [6.07, 6.45) is 3.71. The Morgan fingerprint density at radius 1 is 0.568 bits per heavy atom. The van der Waals surface area contributed by atoms with Crippen LogP contribution in [0, 0.1) is 0 Å². The van der Waals surface area contributed by atoms with E-state index < -0.39 is 17.9 Å². The molecule has 0 saturated heterocycles. The maximum Gasteiger partial charge on any atom is 0.341 e. The summed E-state index contributed by atoms with van der Waals surface area (Å²) in [6.45, 7) is 11.2. The molecule has 0 bridgehead atoms. The highest BCUT2D eigenvalue weighted by atomic mass is 16.5. The van der Waals surface area contributed by atoms with Crippen molar-refractivity contribution in [2.75, 3.05) is 41.2 Å². The lowest BCUT2D eigenvalue weighted by Crippen LogP contribution is -2.14. The van der Waals surface area contributed by atoms with Crippen LogP contribution in [0.2, 0.25) is 0 Å². The lowest BCUT2D eigenvalue weighted by Gasteiger charge is -2.13. The van der Waals surface area contributed by atoms with Crippen LogP contribution in [0.3, 0.4) is 0 Å². The number of methoxy groups -OCH3 is 3. The molecule has 9 heteroatoms. The fourth-order valence-electron chi connectivity index (χ4n) is 3.74. The van der Waals surface area contributed by atoms with Gasteiger partial charge in [0.05, 0.1) is 36.5 Å². The molecule has 0 radical (unpaired) electrons. The third kappa shape index (κ3) is 9.74. The Kier molecular flexibility index (Phi) is 12.5.